The van der Waals surface area contributed by atoms with Gasteiger partial charge in [-0.05, 0) is 61.0 Å². The zero-order chi connectivity index (χ0) is 24.4. The topological polar surface area (TPSA) is 86.3 Å². The summed E-state index contributed by atoms with van der Waals surface area (Å²) in [5.74, 6) is 1.42. The van der Waals surface area contributed by atoms with Crippen molar-refractivity contribution >= 4 is 30.7 Å². The molecule has 5 rings (SSSR count). The number of anilines is 1. The van der Waals surface area contributed by atoms with Gasteiger partial charge in [-0.15, -0.1) is 0 Å². The van der Waals surface area contributed by atoms with E-state index in [1.807, 2.05) is 35.6 Å². The number of nitrogens with zero attached hydrogens (tertiary/aromatic N) is 5. The Morgan fingerprint density at radius 3 is 2.63 bits per heavy atom. The summed E-state index contributed by atoms with van der Waals surface area (Å²) >= 11 is 0. The normalized spacial score (nSPS) is 14.1. The Morgan fingerprint density at radius 1 is 1.17 bits per heavy atom. The zero-order valence-corrected chi connectivity index (χ0v) is 20.0. The van der Waals surface area contributed by atoms with Gasteiger partial charge in [-0.25, -0.2) is 4.98 Å². The Bertz CT molecular complexity index is 1410. The van der Waals surface area contributed by atoms with E-state index in [1.54, 1.807) is 24.3 Å². The molecule has 2 aromatic heterocycles. The fourth-order valence-corrected chi connectivity index (χ4v) is 4.66. The molecule has 0 spiro atoms. The largest absolute Gasteiger partial charge is 0.370 e. The molecule has 3 heterocycles. The second-order valence-electron chi connectivity index (χ2n) is 9.21. The van der Waals surface area contributed by atoms with E-state index in [4.69, 9.17) is 10.2 Å². The molecular weight excluding hydrogens is 435 g/mol. The molecule has 0 atom stereocenters. The summed E-state index contributed by atoms with van der Waals surface area (Å²) in [6, 6.07) is 19.3. The van der Waals surface area contributed by atoms with Gasteiger partial charge in [0.15, 0.2) is 5.65 Å². The standard InChI is InChI=1S/C27H27BN6O/c1-18-4-2-3-5-22(18)24-14-25(34-26(32-24)23(28)17-31-34)30-16-20-10-12-33(13-11-20)27(35)21-8-6-19(15-29)7-9-21/h2-9,14,17,20,30H,10-13,16,28H2,1H3. The first kappa shape index (κ1) is 22.7. The van der Waals surface area contributed by atoms with E-state index in [0.717, 1.165) is 60.7 Å². The van der Waals surface area contributed by atoms with Crippen molar-refractivity contribution in [1.29, 1.82) is 5.26 Å². The molecule has 1 amide bonds. The fraction of sp³-hybridized carbons (Fsp3) is 0.259. The molecule has 35 heavy (non-hydrogen) atoms. The van der Waals surface area contributed by atoms with Crippen LogP contribution in [0.4, 0.5) is 5.82 Å². The predicted octanol–water partition coefficient (Wildman–Crippen LogP) is 2.80. The molecule has 1 N–H and O–H groups in total. The van der Waals surface area contributed by atoms with Crippen molar-refractivity contribution in [2.75, 3.05) is 25.0 Å². The average molecular weight is 462 g/mol. The highest BCUT2D eigenvalue weighted by Gasteiger charge is 2.24. The number of hydrogen-bond acceptors (Lipinski definition) is 5. The Kier molecular flexibility index (Phi) is 6.24. The number of carbonyl (C=O) groups is 1. The number of aryl methyl sites for hydroxylation is 1. The van der Waals surface area contributed by atoms with Gasteiger partial charge in [0.25, 0.3) is 5.91 Å². The van der Waals surface area contributed by atoms with Crippen molar-refractivity contribution in [2.45, 2.75) is 19.8 Å². The van der Waals surface area contributed by atoms with E-state index in [1.165, 1.54) is 5.56 Å². The fourth-order valence-electron chi connectivity index (χ4n) is 4.66. The van der Waals surface area contributed by atoms with Crippen molar-refractivity contribution < 1.29 is 4.79 Å². The first-order chi connectivity index (χ1) is 17.0. The number of aromatic nitrogens is 3. The van der Waals surface area contributed by atoms with Gasteiger partial charge in [0.05, 0.1) is 17.3 Å². The number of rotatable bonds is 5. The van der Waals surface area contributed by atoms with Crippen LogP contribution in [0.1, 0.15) is 34.3 Å². The van der Waals surface area contributed by atoms with Crippen LogP contribution in [0.5, 0.6) is 0 Å². The molecular formula is C27H27BN6O. The lowest BCUT2D eigenvalue weighted by Gasteiger charge is -2.32. The summed E-state index contributed by atoms with van der Waals surface area (Å²) in [4.78, 5) is 19.6. The minimum Gasteiger partial charge on any atom is -0.370 e. The smallest absolute Gasteiger partial charge is 0.253 e. The van der Waals surface area contributed by atoms with Gasteiger partial charge in [-0.1, -0.05) is 24.3 Å². The van der Waals surface area contributed by atoms with Crippen LogP contribution >= 0.6 is 0 Å². The number of carbonyl (C=O) groups excluding carboxylic acids is 1. The Morgan fingerprint density at radius 2 is 1.91 bits per heavy atom. The number of amides is 1. The van der Waals surface area contributed by atoms with Crippen LogP contribution in [0.25, 0.3) is 16.9 Å². The number of fused-ring (bicyclic) bond motifs is 1. The van der Waals surface area contributed by atoms with E-state index in [2.05, 4.69) is 41.6 Å². The molecule has 1 saturated heterocycles. The quantitative estimate of drug-likeness (QED) is 0.461. The highest BCUT2D eigenvalue weighted by molar-refractivity contribution is 6.36. The molecule has 1 aliphatic heterocycles. The molecule has 0 aliphatic carbocycles. The summed E-state index contributed by atoms with van der Waals surface area (Å²) < 4.78 is 1.88. The van der Waals surface area contributed by atoms with Crippen molar-refractivity contribution in [3.05, 3.63) is 77.5 Å². The Balaban J connectivity index is 1.27. The van der Waals surface area contributed by atoms with Crippen LogP contribution in [0.3, 0.4) is 0 Å². The molecule has 7 nitrogen and oxygen atoms in total. The van der Waals surface area contributed by atoms with Gasteiger partial charge in [0.2, 0.25) is 0 Å². The summed E-state index contributed by atoms with van der Waals surface area (Å²) in [6.07, 6.45) is 3.72. The van der Waals surface area contributed by atoms with Gasteiger partial charge in [0.1, 0.15) is 13.7 Å². The van der Waals surface area contributed by atoms with E-state index >= 15 is 0 Å². The maximum absolute atomic E-state index is 12.8. The number of benzene rings is 2. The van der Waals surface area contributed by atoms with Gasteiger partial charge in [-0.2, -0.15) is 14.9 Å². The van der Waals surface area contributed by atoms with Crippen LogP contribution in [-0.4, -0.2) is 52.9 Å². The van der Waals surface area contributed by atoms with Crippen LogP contribution in [0, 0.1) is 24.2 Å². The lowest BCUT2D eigenvalue weighted by Crippen LogP contribution is -2.40. The molecule has 0 saturated carbocycles. The van der Waals surface area contributed by atoms with Crippen molar-refractivity contribution in [3.8, 4) is 17.3 Å². The molecule has 1 fully saturated rings. The number of piperidine rings is 1. The summed E-state index contributed by atoms with van der Waals surface area (Å²) in [5.41, 5.74) is 6.34. The summed E-state index contributed by atoms with van der Waals surface area (Å²) in [6.45, 7) is 4.37. The Labute approximate surface area is 205 Å². The summed E-state index contributed by atoms with van der Waals surface area (Å²) in [5, 5.41) is 17.1. The third kappa shape index (κ3) is 4.62. The van der Waals surface area contributed by atoms with Crippen LogP contribution in [0.2, 0.25) is 0 Å². The second kappa shape index (κ2) is 9.63. The Hall–Kier alpha value is -4.12. The van der Waals surface area contributed by atoms with Gasteiger partial charge < -0.3 is 10.2 Å². The minimum atomic E-state index is 0.0339. The molecule has 1 aliphatic rings. The minimum absolute atomic E-state index is 0.0339. The van der Waals surface area contributed by atoms with Crippen molar-refractivity contribution in [3.63, 3.8) is 0 Å². The molecule has 174 valence electrons. The summed E-state index contributed by atoms with van der Waals surface area (Å²) in [7, 11) is 2.03. The molecule has 4 aromatic rings. The molecule has 0 bridgehead atoms. The van der Waals surface area contributed by atoms with E-state index < -0.39 is 0 Å². The van der Waals surface area contributed by atoms with Crippen LogP contribution < -0.4 is 10.8 Å². The number of nitriles is 1. The third-order valence-corrected chi connectivity index (χ3v) is 6.80. The highest BCUT2D eigenvalue weighted by Crippen LogP contribution is 2.26. The second-order valence-corrected chi connectivity index (χ2v) is 9.21. The first-order valence-corrected chi connectivity index (χ1v) is 12.0. The van der Waals surface area contributed by atoms with Gasteiger partial charge >= 0.3 is 0 Å². The first-order valence-electron chi connectivity index (χ1n) is 12.0. The van der Waals surface area contributed by atoms with Crippen LogP contribution in [-0.2, 0) is 0 Å². The number of nitrogens with one attached hydrogen (secondary N) is 1. The predicted molar refractivity (Wildman–Crippen MR) is 140 cm³/mol. The van der Waals surface area contributed by atoms with Crippen molar-refractivity contribution in [1.82, 2.24) is 19.5 Å². The molecule has 8 heteroatoms. The lowest BCUT2D eigenvalue weighted by molar-refractivity contribution is 0.0695. The third-order valence-electron chi connectivity index (χ3n) is 6.80. The monoisotopic (exact) mass is 462 g/mol. The molecule has 0 radical (unpaired) electrons. The molecule has 2 aromatic carbocycles. The lowest BCUT2D eigenvalue weighted by atomic mass is 9.96. The highest BCUT2D eigenvalue weighted by atomic mass is 16.2. The maximum Gasteiger partial charge on any atom is 0.253 e. The van der Waals surface area contributed by atoms with Gasteiger partial charge in [-0.3, -0.25) is 4.79 Å². The average Bonchev–Trinajstić information content (AvgIpc) is 3.28. The maximum atomic E-state index is 12.8. The van der Waals surface area contributed by atoms with E-state index in [-0.39, 0.29) is 5.91 Å². The number of likely N-dealkylation sites (tertiary alicyclic amines) is 1. The molecule has 0 unspecified atom stereocenters. The van der Waals surface area contributed by atoms with E-state index in [0.29, 0.717) is 17.0 Å². The number of hydrogen-bond donors (Lipinski definition) is 1. The van der Waals surface area contributed by atoms with Gasteiger partial charge in [0, 0.05) is 43.0 Å². The van der Waals surface area contributed by atoms with Crippen molar-refractivity contribution in [2.24, 2.45) is 5.92 Å². The zero-order valence-electron chi connectivity index (χ0n) is 20.0. The van der Waals surface area contributed by atoms with Crippen LogP contribution in [0.15, 0.2) is 60.8 Å². The van der Waals surface area contributed by atoms with E-state index in [9.17, 15) is 4.79 Å². The SMILES string of the molecule is Bc1cnn2c(NCC3CCN(C(=O)c4ccc(C#N)cc4)CC3)cc(-c3ccccc3C)nc12.